The van der Waals surface area contributed by atoms with E-state index in [9.17, 15) is 9.59 Å². The molecule has 1 aliphatic carbocycles. The lowest BCUT2D eigenvalue weighted by Gasteiger charge is -2.35. The molecule has 1 saturated heterocycles. The van der Waals surface area contributed by atoms with E-state index in [1.165, 1.54) is 6.26 Å². The lowest BCUT2D eigenvalue weighted by atomic mass is 9.85. The standard InChI is InChI=1S/C26H26N4O3/c1-18-24-21(16-20(17-22(24)31)10-9-19-6-3-2-4-7-19)28-26(27-18)30-13-11-29(12-14-30)25(32)23-8-5-15-33-23/h2-10,15,20H,11-14,16-17H2,1H3. The van der Waals surface area contributed by atoms with Gasteiger partial charge in [-0.2, -0.15) is 0 Å². The lowest BCUT2D eigenvalue weighted by molar-refractivity contribution is 0.0713. The Hall–Kier alpha value is -3.74. The average Bonchev–Trinajstić information content (AvgIpc) is 3.38. The minimum Gasteiger partial charge on any atom is -0.459 e. The molecule has 168 valence electrons. The van der Waals surface area contributed by atoms with Crippen LogP contribution in [0.1, 0.15) is 44.3 Å². The van der Waals surface area contributed by atoms with E-state index in [0.717, 1.165) is 23.4 Å². The van der Waals surface area contributed by atoms with Gasteiger partial charge in [0, 0.05) is 32.6 Å². The minimum absolute atomic E-state index is 0.0965. The number of rotatable bonds is 4. The average molecular weight is 443 g/mol. The summed E-state index contributed by atoms with van der Waals surface area (Å²) in [6, 6.07) is 13.5. The van der Waals surface area contributed by atoms with Gasteiger partial charge in [-0.3, -0.25) is 9.59 Å². The van der Waals surface area contributed by atoms with Crippen LogP contribution in [0.15, 0.2) is 59.2 Å². The van der Waals surface area contributed by atoms with Crippen LogP contribution in [0.4, 0.5) is 5.95 Å². The highest BCUT2D eigenvalue weighted by molar-refractivity contribution is 5.99. The first-order valence-electron chi connectivity index (χ1n) is 11.3. The molecule has 1 fully saturated rings. The second-order valence-corrected chi connectivity index (χ2v) is 8.55. The molecule has 5 rings (SSSR count). The van der Waals surface area contributed by atoms with Gasteiger partial charge < -0.3 is 14.2 Å². The number of aryl methyl sites for hydroxylation is 1. The molecule has 0 bridgehead atoms. The monoisotopic (exact) mass is 442 g/mol. The normalized spacial score (nSPS) is 18.6. The number of hydrogen-bond donors (Lipinski definition) is 0. The minimum atomic E-state index is -0.0965. The smallest absolute Gasteiger partial charge is 0.289 e. The van der Waals surface area contributed by atoms with Crippen molar-refractivity contribution in [2.45, 2.75) is 19.8 Å². The summed E-state index contributed by atoms with van der Waals surface area (Å²) < 4.78 is 5.24. The maximum atomic E-state index is 12.9. The van der Waals surface area contributed by atoms with Crippen molar-refractivity contribution in [2.24, 2.45) is 5.92 Å². The Labute approximate surface area is 192 Å². The van der Waals surface area contributed by atoms with Crippen LogP contribution in [0, 0.1) is 12.8 Å². The number of carbonyl (C=O) groups excluding carboxylic acids is 2. The molecule has 0 saturated carbocycles. The van der Waals surface area contributed by atoms with E-state index in [1.54, 1.807) is 17.0 Å². The zero-order chi connectivity index (χ0) is 22.8. The van der Waals surface area contributed by atoms with Crippen molar-refractivity contribution in [3.63, 3.8) is 0 Å². The van der Waals surface area contributed by atoms with Crippen molar-refractivity contribution in [3.05, 3.63) is 83.1 Å². The second kappa shape index (κ2) is 9.02. The van der Waals surface area contributed by atoms with Crippen LogP contribution in [0.5, 0.6) is 0 Å². The Balaban J connectivity index is 1.30. The van der Waals surface area contributed by atoms with Gasteiger partial charge in [-0.05, 0) is 37.0 Å². The number of carbonyl (C=O) groups is 2. The summed E-state index contributed by atoms with van der Waals surface area (Å²) in [5.41, 5.74) is 3.36. The molecule has 2 aliphatic rings. The largest absolute Gasteiger partial charge is 0.459 e. The zero-order valence-electron chi connectivity index (χ0n) is 18.6. The van der Waals surface area contributed by atoms with E-state index in [2.05, 4.69) is 34.2 Å². The van der Waals surface area contributed by atoms with Crippen molar-refractivity contribution in [3.8, 4) is 0 Å². The molecule has 1 aromatic carbocycles. The number of hydrogen-bond acceptors (Lipinski definition) is 6. The van der Waals surface area contributed by atoms with Crippen LogP contribution in [0.2, 0.25) is 0 Å². The molecule has 0 N–H and O–H groups in total. The van der Waals surface area contributed by atoms with Crippen molar-refractivity contribution >= 4 is 23.7 Å². The SMILES string of the molecule is Cc1nc(N2CCN(C(=O)c3ccco3)CC2)nc2c1C(=O)CC(C=Cc1ccccc1)C2. The molecule has 1 amide bonds. The molecule has 3 heterocycles. The van der Waals surface area contributed by atoms with Gasteiger partial charge in [0.25, 0.3) is 5.91 Å². The number of anilines is 1. The predicted octanol–water partition coefficient (Wildman–Crippen LogP) is 3.80. The Morgan fingerprint density at radius 2 is 1.82 bits per heavy atom. The van der Waals surface area contributed by atoms with E-state index in [-0.39, 0.29) is 17.6 Å². The Bertz CT molecular complexity index is 1180. The molecule has 7 nitrogen and oxygen atoms in total. The predicted molar refractivity (Wildman–Crippen MR) is 125 cm³/mol. The fraction of sp³-hybridized carbons (Fsp3) is 0.308. The number of allylic oxidation sites excluding steroid dienone is 1. The molecule has 3 aromatic rings. The maximum Gasteiger partial charge on any atom is 0.289 e. The Morgan fingerprint density at radius 1 is 1.03 bits per heavy atom. The van der Waals surface area contributed by atoms with Gasteiger partial charge >= 0.3 is 0 Å². The second-order valence-electron chi connectivity index (χ2n) is 8.55. The zero-order valence-corrected chi connectivity index (χ0v) is 18.6. The van der Waals surface area contributed by atoms with Gasteiger partial charge in [-0.15, -0.1) is 0 Å². The van der Waals surface area contributed by atoms with E-state index < -0.39 is 0 Å². The van der Waals surface area contributed by atoms with Crippen LogP contribution < -0.4 is 4.90 Å². The topological polar surface area (TPSA) is 79.5 Å². The maximum absolute atomic E-state index is 12.9. The highest BCUT2D eigenvalue weighted by Crippen LogP contribution is 2.29. The summed E-state index contributed by atoms with van der Waals surface area (Å²) in [7, 11) is 0. The summed E-state index contributed by atoms with van der Waals surface area (Å²) in [5.74, 6) is 1.13. The number of Topliss-reactive ketones (excluding diaryl/α,β-unsaturated/α-hetero) is 1. The van der Waals surface area contributed by atoms with Gasteiger partial charge in [-0.1, -0.05) is 42.5 Å². The van der Waals surface area contributed by atoms with E-state index in [4.69, 9.17) is 9.40 Å². The molecule has 7 heteroatoms. The molecule has 1 atom stereocenters. The van der Waals surface area contributed by atoms with E-state index in [0.29, 0.717) is 49.9 Å². The van der Waals surface area contributed by atoms with E-state index >= 15 is 0 Å². The lowest BCUT2D eigenvalue weighted by Crippen LogP contribution is -2.49. The third-order valence-electron chi connectivity index (χ3n) is 6.28. The Kier molecular flexibility index (Phi) is 5.77. The molecular formula is C26H26N4O3. The molecule has 0 radical (unpaired) electrons. The number of ketones is 1. The third-order valence-corrected chi connectivity index (χ3v) is 6.28. The summed E-state index contributed by atoms with van der Waals surface area (Å²) in [5, 5.41) is 0. The molecule has 1 unspecified atom stereocenters. The first-order chi connectivity index (χ1) is 16.1. The first-order valence-corrected chi connectivity index (χ1v) is 11.3. The van der Waals surface area contributed by atoms with E-state index in [1.807, 2.05) is 25.1 Å². The van der Waals surface area contributed by atoms with Crippen molar-refractivity contribution in [1.29, 1.82) is 0 Å². The molecule has 0 spiro atoms. The molecule has 2 aromatic heterocycles. The summed E-state index contributed by atoms with van der Waals surface area (Å²) in [4.78, 5) is 38.7. The van der Waals surface area contributed by atoms with Gasteiger partial charge in [0.2, 0.25) is 5.95 Å². The summed E-state index contributed by atoms with van der Waals surface area (Å²) >= 11 is 0. The summed E-state index contributed by atoms with van der Waals surface area (Å²) in [6.07, 6.45) is 6.90. The fourth-order valence-electron chi connectivity index (χ4n) is 4.54. The van der Waals surface area contributed by atoms with Gasteiger partial charge in [0.15, 0.2) is 11.5 Å². The number of fused-ring (bicyclic) bond motifs is 1. The molecule has 1 aliphatic heterocycles. The Morgan fingerprint density at radius 3 is 2.55 bits per heavy atom. The van der Waals surface area contributed by atoms with Crippen LogP contribution in [-0.4, -0.2) is 52.7 Å². The van der Waals surface area contributed by atoms with Crippen LogP contribution in [-0.2, 0) is 6.42 Å². The first kappa shape index (κ1) is 21.1. The highest BCUT2D eigenvalue weighted by atomic mass is 16.3. The summed E-state index contributed by atoms with van der Waals surface area (Å²) in [6.45, 7) is 4.30. The third kappa shape index (κ3) is 4.44. The van der Waals surface area contributed by atoms with Crippen molar-refractivity contribution < 1.29 is 14.0 Å². The quantitative estimate of drug-likeness (QED) is 0.612. The molecule has 33 heavy (non-hydrogen) atoms. The van der Waals surface area contributed by atoms with Gasteiger partial charge in [-0.25, -0.2) is 9.97 Å². The van der Waals surface area contributed by atoms with Gasteiger partial charge in [0.1, 0.15) is 0 Å². The van der Waals surface area contributed by atoms with Crippen LogP contribution >= 0.6 is 0 Å². The van der Waals surface area contributed by atoms with Gasteiger partial charge in [0.05, 0.1) is 23.2 Å². The van der Waals surface area contributed by atoms with Crippen LogP contribution in [0.25, 0.3) is 6.08 Å². The van der Waals surface area contributed by atoms with Crippen molar-refractivity contribution in [2.75, 3.05) is 31.1 Å². The number of furan rings is 1. The highest BCUT2D eigenvalue weighted by Gasteiger charge is 2.30. The van der Waals surface area contributed by atoms with Crippen LogP contribution in [0.3, 0.4) is 0 Å². The number of nitrogens with zero attached hydrogens (tertiary/aromatic N) is 4. The van der Waals surface area contributed by atoms with Crippen molar-refractivity contribution in [1.82, 2.24) is 14.9 Å². The number of aromatic nitrogens is 2. The number of benzene rings is 1. The number of amides is 1. The fourth-order valence-corrected chi connectivity index (χ4v) is 4.54. The molecular weight excluding hydrogens is 416 g/mol. The number of piperazine rings is 1.